The van der Waals surface area contributed by atoms with Crippen LogP contribution in [0.15, 0.2) is 48.5 Å². The molecule has 0 saturated carbocycles. The van der Waals surface area contributed by atoms with E-state index in [2.05, 4.69) is 0 Å². The van der Waals surface area contributed by atoms with Gasteiger partial charge < -0.3 is 43.0 Å². The quantitative estimate of drug-likeness (QED) is 0.277. The molecule has 2 aromatic carbocycles. The second kappa shape index (κ2) is 15.7. The number of benzene rings is 2. The van der Waals surface area contributed by atoms with Crippen LogP contribution in [-0.2, 0) is 50.9 Å². The summed E-state index contributed by atoms with van der Waals surface area (Å²) in [6.45, 7) is 8.60. The molecule has 0 aromatic heterocycles. The van der Waals surface area contributed by atoms with Gasteiger partial charge in [-0.25, -0.2) is 0 Å². The van der Waals surface area contributed by atoms with Gasteiger partial charge in [-0.05, 0) is 75.9 Å². The SMILES string of the molecule is CC1(C)OC[C@@H](COC(=O)CCc2ccc(OCC(O)COc3ccc(CCC(=O)OC[C@H]4COC(C)(C)O4)cc3)cc2)O1. The van der Waals surface area contributed by atoms with E-state index in [1.165, 1.54) is 0 Å². The number of aryl methyl sites for hydroxylation is 2. The normalized spacial score (nSPS) is 21.0. The second-order valence-electron chi connectivity index (χ2n) is 11.8. The molecule has 2 saturated heterocycles. The Morgan fingerprint density at radius 3 is 1.45 bits per heavy atom. The van der Waals surface area contributed by atoms with Crippen LogP contribution in [-0.4, -0.2) is 86.6 Å². The van der Waals surface area contributed by atoms with Crippen LogP contribution in [0.3, 0.4) is 0 Å². The van der Waals surface area contributed by atoms with Crippen molar-refractivity contribution in [2.45, 2.75) is 83.3 Å². The third kappa shape index (κ3) is 11.7. The number of hydrogen-bond donors (Lipinski definition) is 1. The lowest BCUT2D eigenvalue weighted by atomic mass is 10.1. The molecule has 1 unspecified atom stereocenters. The predicted octanol–water partition coefficient (Wildman–Crippen LogP) is 3.76. The third-order valence-electron chi connectivity index (χ3n) is 6.96. The number of carbonyl (C=O) groups excluding carboxylic acids is 2. The summed E-state index contributed by atoms with van der Waals surface area (Å²) < 4.78 is 44.2. The Morgan fingerprint density at radius 2 is 1.11 bits per heavy atom. The van der Waals surface area contributed by atoms with Gasteiger partial charge in [-0.3, -0.25) is 9.59 Å². The Bertz CT molecular complexity index is 1100. The fourth-order valence-corrected chi connectivity index (χ4v) is 4.64. The van der Waals surface area contributed by atoms with Crippen LogP contribution in [0.2, 0.25) is 0 Å². The molecule has 242 valence electrons. The lowest BCUT2D eigenvalue weighted by molar-refractivity contribution is -0.158. The fraction of sp³-hybridized carbons (Fsp3) is 0.576. The van der Waals surface area contributed by atoms with Crippen molar-refractivity contribution in [1.82, 2.24) is 0 Å². The number of ether oxygens (including phenoxy) is 8. The topological polar surface area (TPSA) is 128 Å². The van der Waals surface area contributed by atoms with E-state index in [9.17, 15) is 14.7 Å². The second-order valence-corrected chi connectivity index (χ2v) is 11.8. The van der Waals surface area contributed by atoms with Crippen LogP contribution >= 0.6 is 0 Å². The number of aliphatic hydroxyl groups is 1. The van der Waals surface area contributed by atoms with Crippen LogP contribution in [0.4, 0.5) is 0 Å². The maximum absolute atomic E-state index is 12.1. The van der Waals surface area contributed by atoms with Crippen molar-refractivity contribution in [2.75, 3.05) is 39.6 Å². The van der Waals surface area contributed by atoms with E-state index in [0.29, 0.717) is 37.6 Å². The highest BCUT2D eigenvalue weighted by Gasteiger charge is 2.34. The summed E-state index contributed by atoms with van der Waals surface area (Å²) in [7, 11) is 0. The molecule has 4 rings (SSSR count). The minimum Gasteiger partial charge on any atom is -0.491 e. The molecule has 11 nitrogen and oxygen atoms in total. The van der Waals surface area contributed by atoms with E-state index < -0.39 is 17.7 Å². The van der Waals surface area contributed by atoms with Crippen molar-refractivity contribution >= 4 is 11.9 Å². The summed E-state index contributed by atoms with van der Waals surface area (Å²) in [4.78, 5) is 24.2. The van der Waals surface area contributed by atoms with Crippen molar-refractivity contribution in [1.29, 1.82) is 0 Å². The molecule has 2 fully saturated rings. The monoisotopic (exact) mass is 616 g/mol. The molecule has 44 heavy (non-hydrogen) atoms. The molecular formula is C33H44O11. The summed E-state index contributed by atoms with van der Waals surface area (Å²) in [6.07, 6.45) is 0.268. The van der Waals surface area contributed by atoms with Crippen molar-refractivity contribution < 1.29 is 52.6 Å². The number of aliphatic hydroxyl groups excluding tert-OH is 1. The van der Waals surface area contributed by atoms with Gasteiger partial charge in [0.25, 0.3) is 0 Å². The molecule has 11 heteroatoms. The molecule has 0 aliphatic carbocycles. The van der Waals surface area contributed by atoms with Crippen LogP contribution in [0.5, 0.6) is 11.5 Å². The van der Waals surface area contributed by atoms with E-state index in [1.54, 1.807) is 24.3 Å². The first kappa shape index (κ1) is 33.7. The highest BCUT2D eigenvalue weighted by atomic mass is 16.8. The van der Waals surface area contributed by atoms with Gasteiger partial charge in [0.1, 0.15) is 56.2 Å². The summed E-state index contributed by atoms with van der Waals surface area (Å²) in [5.41, 5.74) is 1.94. The Labute approximate surface area is 258 Å². The van der Waals surface area contributed by atoms with Gasteiger partial charge >= 0.3 is 11.9 Å². The van der Waals surface area contributed by atoms with E-state index in [4.69, 9.17) is 37.9 Å². The summed E-state index contributed by atoms with van der Waals surface area (Å²) in [5, 5.41) is 10.3. The van der Waals surface area contributed by atoms with Gasteiger partial charge in [0.15, 0.2) is 11.6 Å². The van der Waals surface area contributed by atoms with Crippen LogP contribution in [0.1, 0.15) is 51.7 Å². The largest absolute Gasteiger partial charge is 0.491 e. The van der Waals surface area contributed by atoms with E-state index >= 15 is 0 Å². The summed E-state index contributed by atoms with van der Waals surface area (Å²) in [5.74, 6) is -0.653. The first-order valence-electron chi connectivity index (χ1n) is 15.0. The zero-order valence-corrected chi connectivity index (χ0v) is 26.0. The minimum absolute atomic E-state index is 0.0607. The van der Waals surface area contributed by atoms with Crippen molar-refractivity contribution in [3.05, 3.63) is 59.7 Å². The van der Waals surface area contributed by atoms with E-state index in [0.717, 1.165) is 11.1 Å². The van der Waals surface area contributed by atoms with Crippen molar-refractivity contribution in [3.8, 4) is 11.5 Å². The zero-order valence-electron chi connectivity index (χ0n) is 26.0. The Kier molecular flexibility index (Phi) is 12.0. The van der Waals surface area contributed by atoms with Crippen LogP contribution < -0.4 is 9.47 Å². The lowest BCUT2D eigenvalue weighted by Gasteiger charge is -2.17. The van der Waals surface area contributed by atoms with Crippen molar-refractivity contribution in [3.63, 3.8) is 0 Å². The van der Waals surface area contributed by atoms with Gasteiger partial charge in [-0.2, -0.15) is 0 Å². The summed E-state index contributed by atoms with van der Waals surface area (Å²) >= 11 is 0. The maximum Gasteiger partial charge on any atom is 0.306 e. The average Bonchev–Trinajstić information content (AvgIpc) is 3.54. The van der Waals surface area contributed by atoms with Crippen LogP contribution in [0.25, 0.3) is 0 Å². The van der Waals surface area contributed by atoms with Gasteiger partial charge in [0.2, 0.25) is 0 Å². The molecule has 3 atom stereocenters. The van der Waals surface area contributed by atoms with Crippen LogP contribution in [0, 0.1) is 0 Å². The number of rotatable bonds is 16. The fourth-order valence-electron chi connectivity index (χ4n) is 4.64. The molecule has 0 bridgehead atoms. The molecule has 0 amide bonds. The molecule has 0 radical (unpaired) electrons. The Balaban J connectivity index is 1.05. The van der Waals surface area contributed by atoms with E-state index in [-0.39, 0.29) is 63.4 Å². The first-order valence-corrected chi connectivity index (χ1v) is 15.0. The van der Waals surface area contributed by atoms with Gasteiger partial charge in [-0.15, -0.1) is 0 Å². The molecule has 2 aliphatic heterocycles. The average molecular weight is 617 g/mol. The number of carbonyl (C=O) groups is 2. The van der Waals surface area contributed by atoms with E-state index in [1.807, 2.05) is 52.0 Å². The predicted molar refractivity (Wildman–Crippen MR) is 158 cm³/mol. The minimum atomic E-state index is -0.835. The molecule has 2 aliphatic rings. The van der Waals surface area contributed by atoms with Gasteiger partial charge in [-0.1, -0.05) is 24.3 Å². The molecular weight excluding hydrogens is 572 g/mol. The lowest BCUT2D eigenvalue weighted by Crippen LogP contribution is -2.25. The molecule has 2 heterocycles. The highest BCUT2D eigenvalue weighted by molar-refractivity contribution is 5.70. The maximum atomic E-state index is 12.1. The molecule has 0 spiro atoms. The highest BCUT2D eigenvalue weighted by Crippen LogP contribution is 2.23. The molecule has 2 aromatic rings. The smallest absolute Gasteiger partial charge is 0.306 e. The third-order valence-corrected chi connectivity index (χ3v) is 6.96. The van der Waals surface area contributed by atoms with Gasteiger partial charge in [0, 0.05) is 12.8 Å². The van der Waals surface area contributed by atoms with Crippen molar-refractivity contribution in [2.24, 2.45) is 0 Å². The molecule has 1 N–H and O–H groups in total. The standard InChI is InChI=1S/C33H44O11/c1-32(2)41-21-28(43-32)19-39-30(35)15-9-23-5-11-26(12-6-23)37-17-25(34)18-38-27-13-7-24(8-14-27)10-16-31(36)40-20-29-22-42-33(3,4)44-29/h5-8,11-14,25,28-29,34H,9-10,15-22H2,1-4H3/t25?,28-,29+. The Hall–Kier alpha value is -3.22. The van der Waals surface area contributed by atoms with Gasteiger partial charge in [0.05, 0.1) is 13.2 Å². The summed E-state index contributed by atoms with van der Waals surface area (Å²) in [6, 6.07) is 14.7. The Morgan fingerprint density at radius 1 is 0.727 bits per heavy atom. The first-order chi connectivity index (χ1) is 20.9. The zero-order chi connectivity index (χ0) is 31.6. The number of esters is 2. The number of hydrogen-bond acceptors (Lipinski definition) is 11.